The zero-order valence-electron chi connectivity index (χ0n) is 11.1. The first-order valence-electron chi connectivity index (χ1n) is 6.46. The minimum Gasteiger partial charge on any atom is -0.488 e. The third-order valence-electron chi connectivity index (χ3n) is 3.34. The Bertz CT molecular complexity index is 412. The van der Waals surface area contributed by atoms with Crippen LogP contribution in [0.25, 0.3) is 0 Å². The average Bonchev–Trinajstić information content (AvgIpc) is 3.18. The molecule has 1 aliphatic carbocycles. The third kappa shape index (κ3) is 4.37. The number of hydrogen-bond acceptors (Lipinski definition) is 4. The molecule has 2 N–H and O–H groups in total. The van der Waals surface area contributed by atoms with E-state index in [1.165, 1.54) is 18.9 Å². The van der Waals surface area contributed by atoms with Crippen LogP contribution >= 0.6 is 11.8 Å². The number of thioether (sulfide) groups is 1. The third-order valence-corrected chi connectivity index (χ3v) is 4.75. The Kier molecular flexibility index (Phi) is 5.07. The molecule has 0 heterocycles. The van der Waals surface area contributed by atoms with Crippen LogP contribution < -0.4 is 10.1 Å². The maximum atomic E-state index is 13.3. The van der Waals surface area contributed by atoms with Crippen LogP contribution in [-0.2, 0) is 0 Å². The molecule has 1 saturated carbocycles. The van der Waals surface area contributed by atoms with Crippen molar-refractivity contribution in [2.45, 2.75) is 23.7 Å². The van der Waals surface area contributed by atoms with Crippen molar-refractivity contribution < 1.29 is 14.2 Å². The molecule has 106 valence electrons. The minimum atomic E-state index is -0.628. The van der Waals surface area contributed by atoms with E-state index in [4.69, 9.17) is 4.74 Å². The number of halogens is 1. The summed E-state index contributed by atoms with van der Waals surface area (Å²) < 4.78 is 18.9. The second kappa shape index (κ2) is 6.59. The quantitative estimate of drug-likeness (QED) is 0.767. The van der Waals surface area contributed by atoms with Crippen LogP contribution in [0, 0.1) is 5.82 Å². The summed E-state index contributed by atoms with van der Waals surface area (Å²) in [5.74, 6) is -0.216. The maximum absolute atomic E-state index is 13.3. The van der Waals surface area contributed by atoms with E-state index in [0.29, 0.717) is 11.3 Å². The van der Waals surface area contributed by atoms with Gasteiger partial charge in [0.2, 0.25) is 0 Å². The molecule has 0 aliphatic heterocycles. The lowest BCUT2D eigenvalue weighted by Gasteiger charge is -2.16. The summed E-state index contributed by atoms with van der Waals surface area (Å²) in [6.45, 7) is 1.47. The van der Waals surface area contributed by atoms with E-state index in [9.17, 15) is 9.50 Å². The highest BCUT2D eigenvalue weighted by atomic mass is 32.2. The Morgan fingerprint density at radius 3 is 2.84 bits per heavy atom. The smallest absolute Gasteiger partial charge is 0.165 e. The van der Waals surface area contributed by atoms with Crippen LogP contribution in [-0.4, -0.2) is 41.9 Å². The van der Waals surface area contributed by atoms with Crippen molar-refractivity contribution in [3.8, 4) is 5.75 Å². The average molecular weight is 285 g/mol. The van der Waals surface area contributed by atoms with Crippen LogP contribution in [0.15, 0.2) is 24.3 Å². The van der Waals surface area contributed by atoms with Gasteiger partial charge in [0.05, 0.1) is 0 Å². The molecule has 1 atom stereocenters. The highest BCUT2D eigenvalue weighted by Crippen LogP contribution is 2.46. The standard InChI is InChI=1S/C14H20FNO2S/c1-19-14(6-7-14)10-16-8-11(17)9-18-13-5-3-2-4-12(13)15/h2-5,11,16-17H,6-10H2,1H3. The van der Waals surface area contributed by atoms with E-state index >= 15 is 0 Å². The van der Waals surface area contributed by atoms with Gasteiger partial charge < -0.3 is 15.2 Å². The molecule has 3 nitrogen and oxygen atoms in total. The molecule has 1 unspecified atom stereocenters. The molecule has 1 aliphatic rings. The molecule has 0 bridgehead atoms. The highest BCUT2D eigenvalue weighted by molar-refractivity contribution is 8.00. The molecule has 0 spiro atoms. The number of hydrogen-bond donors (Lipinski definition) is 2. The molecule has 19 heavy (non-hydrogen) atoms. The summed E-state index contributed by atoms with van der Waals surface area (Å²) in [5, 5.41) is 13.0. The van der Waals surface area contributed by atoms with Gasteiger partial charge in [-0.3, -0.25) is 0 Å². The fourth-order valence-electron chi connectivity index (χ4n) is 1.87. The first-order valence-corrected chi connectivity index (χ1v) is 7.69. The van der Waals surface area contributed by atoms with E-state index in [1.54, 1.807) is 18.2 Å². The molecule has 1 aromatic rings. The summed E-state index contributed by atoms with van der Waals surface area (Å²) in [6.07, 6.45) is 3.97. The van der Waals surface area contributed by atoms with E-state index < -0.39 is 11.9 Å². The summed E-state index contributed by atoms with van der Waals surface area (Å²) in [6, 6.07) is 6.22. The van der Waals surface area contributed by atoms with E-state index in [0.717, 1.165) is 6.54 Å². The van der Waals surface area contributed by atoms with E-state index in [1.807, 2.05) is 11.8 Å². The number of aliphatic hydroxyl groups excluding tert-OH is 1. The van der Waals surface area contributed by atoms with Crippen molar-refractivity contribution in [1.82, 2.24) is 5.32 Å². The molecule has 2 rings (SSSR count). The number of rotatable bonds is 8. The predicted octanol–water partition coefficient (Wildman–Crippen LogP) is 2.05. The van der Waals surface area contributed by atoms with Crippen LogP contribution in [0.4, 0.5) is 4.39 Å². The van der Waals surface area contributed by atoms with Gasteiger partial charge in [0, 0.05) is 17.8 Å². The van der Waals surface area contributed by atoms with Crippen molar-refractivity contribution >= 4 is 11.8 Å². The predicted molar refractivity (Wildman–Crippen MR) is 76.3 cm³/mol. The van der Waals surface area contributed by atoms with Gasteiger partial charge in [0.25, 0.3) is 0 Å². The van der Waals surface area contributed by atoms with Crippen molar-refractivity contribution in [3.63, 3.8) is 0 Å². The molecular formula is C14H20FNO2S. The first-order chi connectivity index (χ1) is 9.15. The molecule has 0 amide bonds. The molecule has 0 radical (unpaired) electrons. The van der Waals surface area contributed by atoms with Gasteiger partial charge >= 0.3 is 0 Å². The number of ether oxygens (including phenoxy) is 1. The molecular weight excluding hydrogens is 265 g/mol. The van der Waals surface area contributed by atoms with Gasteiger partial charge in [-0.2, -0.15) is 11.8 Å². The fourth-order valence-corrected chi connectivity index (χ4v) is 2.62. The summed E-state index contributed by atoms with van der Waals surface area (Å²) in [7, 11) is 0. The number of aliphatic hydroxyl groups is 1. The molecule has 0 saturated heterocycles. The molecule has 5 heteroatoms. The Hall–Kier alpha value is -0.780. The first kappa shape index (κ1) is 14.6. The SMILES string of the molecule is CSC1(CNCC(O)COc2ccccc2F)CC1. The Morgan fingerprint density at radius 2 is 2.21 bits per heavy atom. The van der Waals surface area contributed by atoms with Crippen molar-refractivity contribution in [2.24, 2.45) is 0 Å². The van der Waals surface area contributed by atoms with Gasteiger partial charge in [0.1, 0.15) is 12.7 Å². The minimum absolute atomic E-state index is 0.0974. The largest absolute Gasteiger partial charge is 0.488 e. The molecule has 0 aromatic heterocycles. The van der Waals surface area contributed by atoms with Gasteiger partial charge in [-0.15, -0.1) is 0 Å². The van der Waals surface area contributed by atoms with Crippen LogP contribution in [0.3, 0.4) is 0 Å². The van der Waals surface area contributed by atoms with Gasteiger partial charge in [-0.1, -0.05) is 12.1 Å². The summed E-state index contributed by atoms with van der Waals surface area (Å²) >= 11 is 1.88. The zero-order chi connectivity index (χ0) is 13.7. The Morgan fingerprint density at radius 1 is 1.47 bits per heavy atom. The van der Waals surface area contributed by atoms with Gasteiger partial charge in [-0.05, 0) is 31.2 Å². The van der Waals surface area contributed by atoms with Gasteiger partial charge in [-0.25, -0.2) is 4.39 Å². The Balaban J connectivity index is 1.65. The lowest BCUT2D eigenvalue weighted by Crippen LogP contribution is -2.35. The van der Waals surface area contributed by atoms with Crippen molar-refractivity contribution in [2.75, 3.05) is 26.0 Å². The number of para-hydroxylation sites is 1. The fraction of sp³-hybridized carbons (Fsp3) is 0.571. The molecule has 1 aromatic carbocycles. The monoisotopic (exact) mass is 285 g/mol. The topological polar surface area (TPSA) is 41.5 Å². The molecule has 1 fully saturated rings. The summed E-state index contributed by atoms with van der Waals surface area (Å²) in [5.41, 5.74) is 0. The lowest BCUT2D eigenvalue weighted by molar-refractivity contribution is 0.104. The van der Waals surface area contributed by atoms with Crippen molar-refractivity contribution in [3.05, 3.63) is 30.1 Å². The number of nitrogens with one attached hydrogen (secondary N) is 1. The maximum Gasteiger partial charge on any atom is 0.165 e. The second-order valence-corrected chi connectivity index (χ2v) is 6.19. The van der Waals surface area contributed by atoms with Gasteiger partial charge in [0.15, 0.2) is 11.6 Å². The van der Waals surface area contributed by atoms with Crippen LogP contribution in [0.2, 0.25) is 0 Å². The normalized spacial score (nSPS) is 18.1. The van der Waals surface area contributed by atoms with Crippen molar-refractivity contribution in [1.29, 1.82) is 0 Å². The summed E-state index contributed by atoms with van der Waals surface area (Å²) in [4.78, 5) is 0. The zero-order valence-corrected chi connectivity index (χ0v) is 11.9. The second-order valence-electron chi connectivity index (χ2n) is 4.91. The van der Waals surface area contributed by atoms with Crippen LogP contribution in [0.5, 0.6) is 5.75 Å². The Labute approximate surface area is 117 Å². The van der Waals surface area contributed by atoms with E-state index in [-0.39, 0.29) is 12.4 Å². The van der Waals surface area contributed by atoms with Crippen LogP contribution in [0.1, 0.15) is 12.8 Å². The number of benzene rings is 1. The lowest BCUT2D eigenvalue weighted by atomic mass is 10.3. The highest BCUT2D eigenvalue weighted by Gasteiger charge is 2.41. The van der Waals surface area contributed by atoms with E-state index in [2.05, 4.69) is 11.6 Å².